The molecule has 1 amide bonds. The van der Waals surface area contributed by atoms with Gasteiger partial charge in [0, 0.05) is 25.7 Å². The second-order valence-electron chi connectivity index (χ2n) is 9.76. The van der Waals surface area contributed by atoms with Gasteiger partial charge in [-0.3, -0.25) is 0 Å². The third kappa shape index (κ3) is 11.4. The highest BCUT2D eigenvalue weighted by Gasteiger charge is 2.37. The summed E-state index contributed by atoms with van der Waals surface area (Å²) >= 11 is 0. The molecule has 29 heavy (non-hydrogen) atoms. The number of hydrogen-bond donors (Lipinski definition) is 1. The van der Waals surface area contributed by atoms with E-state index in [4.69, 9.17) is 4.43 Å². The molecule has 0 bridgehead atoms. The standard InChI is InChI=1S/C23H50N2O3Si/c1-9-12-13-14-16-21(17-15-20-28-29(7,8)23(4,5)6)25(22(26)27)19-18-24(10-2)11-3/h21H,9-20H2,1-8H3,(H,26,27). The normalized spacial score (nSPS) is 13.7. The Bertz CT molecular complexity index is 434. The third-order valence-corrected chi connectivity index (χ3v) is 11.1. The second-order valence-corrected chi connectivity index (χ2v) is 14.6. The Morgan fingerprint density at radius 1 is 0.966 bits per heavy atom. The van der Waals surface area contributed by atoms with Crippen LogP contribution in [0.1, 0.15) is 86.5 Å². The van der Waals surface area contributed by atoms with E-state index < -0.39 is 14.4 Å². The first-order chi connectivity index (χ1) is 13.5. The van der Waals surface area contributed by atoms with Gasteiger partial charge >= 0.3 is 6.09 Å². The first-order valence-electron chi connectivity index (χ1n) is 11.9. The predicted molar refractivity (Wildman–Crippen MR) is 127 cm³/mol. The number of carbonyl (C=O) groups is 1. The van der Waals surface area contributed by atoms with Crippen molar-refractivity contribution in [1.82, 2.24) is 9.80 Å². The summed E-state index contributed by atoms with van der Waals surface area (Å²) < 4.78 is 6.33. The molecule has 0 aliphatic rings. The smallest absolute Gasteiger partial charge is 0.407 e. The Morgan fingerprint density at radius 3 is 2.03 bits per heavy atom. The number of unbranched alkanes of at least 4 members (excludes halogenated alkanes) is 3. The second kappa shape index (κ2) is 14.4. The zero-order valence-corrected chi connectivity index (χ0v) is 21.7. The Balaban J connectivity index is 4.88. The van der Waals surface area contributed by atoms with E-state index in [0.29, 0.717) is 6.54 Å². The topological polar surface area (TPSA) is 53.0 Å². The van der Waals surface area contributed by atoms with Crippen LogP contribution in [-0.2, 0) is 4.43 Å². The molecule has 0 spiro atoms. The zero-order valence-electron chi connectivity index (χ0n) is 20.7. The molecular formula is C23H50N2O3Si. The highest BCUT2D eigenvalue weighted by molar-refractivity contribution is 6.74. The average Bonchev–Trinajstić information content (AvgIpc) is 2.63. The summed E-state index contributed by atoms with van der Waals surface area (Å²) in [4.78, 5) is 16.0. The number of carboxylic acid groups (broad SMARTS) is 1. The summed E-state index contributed by atoms with van der Waals surface area (Å²) in [6.07, 6.45) is 6.75. The number of amides is 1. The minimum atomic E-state index is -1.74. The molecule has 0 heterocycles. The molecule has 0 aromatic heterocycles. The molecule has 1 unspecified atom stereocenters. The molecule has 6 heteroatoms. The number of likely N-dealkylation sites (N-methyl/N-ethyl adjacent to an activating group) is 1. The van der Waals surface area contributed by atoms with Crippen molar-refractivity contribution in [3.8, 4) is 0 Å². The van der Waals surface area contributed by atoms with Gasteiger partial charge in [-0.15, -0.1) is 0 Å². The van der Waals surface area contributed by atoms with Crippen LogP contribution in [0.15, 0.2) is 0 Å². The van der Waals surface area contributed by atoms with Crippen LogP contribution >= 0.6 is 0 Å². The van der Waals surface area contributed by atoms with Crippen LogP contribution in [0, 0.1) is 0 Å². The molecule has 1 atom stereocenters. The third-order valence-electron chi connectivity index (χ3n) is 6.58. The molecule has 0 fully saturated rings. The maximum Gasteiger partial charge on any atom is 0.407 e. The van der Waals surface area contributed by atoms with Gasteiger partial charge in [-0.05, 0) is 50.5 Å². The molecule has 0 rings (SSSR count). The fraction of sp³-hybridized carbons (Fsp3) is 0.957. The van der Waals surface area contributed by atoms with Crippen molar-refractivity contribution in [1.29, 1.82) is 0 Å². The molecule has 0 aliphatic heterocycles. The minimum Gasteiger partial charge on any atom is -0.465 e. The van der Waals surface area contributed by atoms with Gasteiger partial charge in [-0.2, -0.15) is 0 Å². The van der Waals surface area contributed by atoms with Gasteiger partial charge in [0.25, 0.3) is 0 Å². The van der Waals surface area contributed by atoms with E-state index in [1.165, 1.54) is 19.3 Å². The largest absolute Gasteiger partial charge is 0.465 e. The van der Waals surface area contributed by atoms with Gasteiger partial charge in [0.05, 0.1) is 0 Å². The summed E-state index contributed by atoms with van der Waals surface area (Å²) in [5.74, 6) is 0. The average molecular weight is 431 g/mol. The molecule has 0 saturated heterocycles. The van der Waals surface area contributed by atoms with Crippen molar-refractivity contribution >= 4 is 14.4 Å². The first kappa shape index (κ1) is 28.4. The maximum atomic E-state index is 12.0. The van der Waals surface area contributed by atoms with Crippen molar-refractivity contribution in [2.24, 2.45) is 0 Å². The molecule has 0 aliphatic carbocycles. The van der Waals surface area contributed by atoms with Crippen LogP contribution in [0.5, 0.6) is 0 Å². The molecule has 5 nitrogen and oxygen atoms in total. The van der Waals surface area contributed by atoms with E-state index in [2.05, 4.69) is 59.5 Å². The van der Waals surface area contributed by atoms with Gasteiger partial charge in [-0.25, -0.2) is 4.79 Å². The van der Waals surface area contributed by atoms with E-state index in [9.17, 15) is 9.90 Å². The lowest BCUT2D eigenvalue weighted by Crippen LogP contribution is -2.44. The molecule has 0 aromatic rings. The fourth-order valence-corrected chi connectivity index (χ4v) is 4.44. The lowest BCUT2D eigenvalue weighted by atomic mass is 10.0. The Labute approximate surface area is 182 Å². The number of nitrogens with zero attached hydrogens (tertiary/aromatic N) is 2. The molecule has 1 N–H and O–H groups in total. The van der Waals surface area contributed by atoms with E-state index in [1.807, 2.05) is 0 Å². The molecule has 174 valence electrons. The van der Waals surface area contributed by atoms with Gasteiger partial charge in [0.1, 0.15) is 0 Å². The van der Waals surface area contributed by atoms with Crippen LogP contribution in [0.3, 0.4) is 0 Å². The Kier molecular flexibility index (Phi) is 14.1. The fourth-order valence-electron chi connectivity index (χ4n) is 3.35. The minimum absolute atomic E-state index is 0.0999. The summed E-state index contributed by atoms with van der Waals surface area (Å²) in [5.41, 5.74) is 0. The summed E-state index contributed by atoms with van der Waals surface area (Å²) in [7, 11) is -1.74. The van der Waals surface area contributed by atoms with Crippen LogP contribution in [-0.4, -0.2) is 68.1 Å². The van der Waals surface area contributed by atoms with Gasteiger partial charge in [0.15, 0.2) is 8.32 Å². The van der Waals surface area contributed by atoms with Gasteiger partial charge < -0.3 is 19.3 Å². The molecule has 0 radical (unpaired) electrons. The summed E-state index contributed by atoms with van der Waals surface area (Å²) in [6.45, 7) is 21.9. The monoisotopic (exact) mass is 430 g/mol. The lowest BCUT2D eigenvalue weighted by molar-refractivity contribution is 0.106. The zero-order chi connectivity index (χ0) is 22.5. The van der Waals surface area contributed by atoms with Crippen molar-refractivity contribution < 1.29 is 14.3 Å². The van der Waals surface area contributed by atoms with E-state index >= 15 is 0 Å². The lowest BCUT2D eigenvalue weighted by Gasteiger charge is -2.36. The van der Waals surface area contributed by atoms with Crippen LogP contribution in [0.4, 0.5) is 4.79 Å². The highest BCUT2D eigenvalue weighted by Crippen LogP contribution is 2.36. The summed E-state index contributed by atoms with van der Waals surface area (Å²) in [6, 6.07) is 0.0999. The van der Waals surface area contributed by atoms with Crippen LogP contribution in [0.25, 0.3) is 0 Å². The van der Waals surface area contributed by atoms with Crippen LogP contribution in [0.2, 0.25) is 18.1 Å². The molecular weight excluding hydrogens is 380 g/mol. The molecule has 0 aromatic carbocycles. The highest BCUT2D eigenvalue weighted by atomic mass is 28.4. The van der Waals surface area contributed by atoms with Crippen LogP contribution < -0.4 is 0 Å². The van der Waals surface area contributed by atoms with Crippen molar-refractivity contribution in [3.63, 3.8) is 0 Å². The predicted octanol–water partition coefficient (Wildman–Crippen LogP) is 6.45. The maximum absolute atomic E-state index is 12.0. The van der Waals surface area contributed by atoms with Gasteiger partial charge in [-0.1, -0.05) is 67.2 Å². The number of hydrogen-bond acceptors (Lipinski definition) is 3. The Morgan fingerprint density at radius 2 is 1.55 bits per heavy atom. The first-order valence-corrected chi connectivity index (χ1v) is 14.8. The van der Waals surface area contributed by atoms with Crippen molar-refractivity contribution in [3.05, 3.63) is 0 Å². The number of rotatable bonds is 16. The van der Waals surface area contributed by atoms with E-state index in [0.717, 1.165) is 51.9 Å². The SMILES string of the molecule is CCCCCCC(CCCO[Si](C)(C)C(C)(C)C)N(CCN(CC)CC)C(=O)O. The van der Waals surface area contributed by atoms with E-state index in [1.54, 1.807) is 4.90 Å². The quantitative estimate of drug-likeness (QED) is 0.226. The van der Waals surface area contributed by atoms with Gasteiger partial charge in [0.2, 0.25) is 0 Å². The van der Waals surface area contributed by atoms with Crippen molar-refractivity contribution in [2.75, 3.05) is 32.8 Å². The molecule has 0 saturated carbocycles. The van der Waals surface area contributed by atoms with E-state index in [-0.39, 0.29) is 11.1 Å². The summed E-state index contributed by atoms with van der Waals surface area (Å²) in [5, 5.41) is 10.1. The Hall–Kier alpha value is -0.593. The van der Waals surface area contributed by atoms with Crippen molar-refractivity contribution in [2.45, 2.75) is 111 Å².